The maximum Gasteiger partial charge on any atom is 0.573 e. The molecule has 1 heterocycles. The Morgan fingerprint density at radius 1 is 0.895 bits per heavy atom. The molecule has 1 aliphatic rings. The summed E-state index contributed by atoms with van der Waals surface area (Å²) in [6, 6.07) is 20.7. The van der Waals surface area contributed by atoms with Crippen LogP contribution in [-0.4, -0.2) is 41.9 Å². The normalized spacial score (nSPS) is 16.0. The second-order valence-corrected chi connectivity index (χ2v) is 9.50. The average molecular weight is 546 g/mol. The zero-order chi connectivity index (χ0) is 27.1. The van der Waals surface area contributed by atoms with Crippen molar-refractivity contribution in [3.05, 3.63) is 95.6 Å². The van der Waals surface area contributed by atoms with Gasteiger partial charge in [0.2, 0.25) is 5.91 Å². The molecule has 0 saturated carbocycles. The van der Waals surface area contributed by atoms with Crippen LogP contribution in [0.1, 0.15) is 27.4 Å². The van der Waals surface area contributed by atoms with Crippen LogP contribution in [0.25, 0.3) is 0 Å². The standard InChI is InChI=1S/C27H22F3NO6S/c28-27(29,30)37-22-12-8-18(9-13-22)20(16-36-25(33)19-4-2-1-3-5-19)15-35-21-10-6-17(7-11-21)14-23-24(32)31-26(34)38-23/h1-13,20,23H,14-16H2,(H,31,32,34). The molecule has 0 spiro atoms. The smallest absolute Gasteiger partial charge is 0.493 e. The maximum atomic E-state index is 12.5. The van der Waals surface area contributed by atoms with Crippen molar-refractivity contribution in [1.29, 1.82) is 0 Å². The number of amides is 2. The van der Waals surface area contributed by atoms with Crippen LogP contribution in [-0.2, 0) is 16.0 Å². The van der Waals surface area contributed by atoms with Crippen molar-refractivity contribution >= 4 is 28.9 Å². The molecule has 198 valence electrons. The van der Waals surface area contributed by atoms with Gasteiger partial charge in [-0.15, -0.1) is 13.2 Å². The van der Waals surface area contributed by atoms with E-state index in [4.69, 9.17) is 9.47 Å². The van der Waals surface area contributed by atoms with Gasteiger partial charge in [-0.05, 0) is 53.9 Å². The van der Waals surface area contributed by atoms with Gasteiger partial charge in [0.1, 0.15) is 18.1 Å². The van der Waals surface area contributed by atoms with Gasteiger partial charge >= 0.3 is 12.3 Å². The highest BCUT2D eigenvalue weighted by molar-refractivity contribution is 8.15. The fraction of sp³-hybridized carbons (Fsp3) is 0.222. The molecule has 1 N–H and O–H groups in total. The zero-order valence-corrected chi connectivity index (χ0v) is 20.6. The van der Waals surface area contributed by atoms with Crippen LogP contribution >= 0.6 is 11.8 Å². The van der Waals surface area contributed by atoms with Crippen molar-refractivity contribution in [1.82, 2.24) is 5.32 Å². The van der Waals surface area contributed by atoms with E-state index in [1.54, 1.807) is 54.6 Å². The van der Waals surface area contributed by atoms with Crippen molar-refractivity contribution in [2.24, 2.45) is 0 Å². The minimum Gasteiger partial charge on any atom is -0.493 e. The number of ether oxygens (including phenoxy) is 3. The molecule has 2 atom stereocenters. The van der Waals surface area contributed by atoms with E-state index in [0.717, 1.165) is 17.3 Å². The van der Waals surface area contributed by atoms with Gasteiger partial charge in [-0.3, -0.25) is 14.9 Å². The number of carbonyl (C=O) groups excluding carboxylic acids is 3. The van der Waals surface area contributed by atoms with Gasteiger partial charge in [-0.1, -0.05) is 54.2 Å². The van der Waals surface area contributed by atoms with E-state index in [0.29, 0.717) is 23.3 Å². The summed E-state index contributed by atoms with van der Waals surface area (Å²) in [6.07, 6.45) is -4.43. The number of carbonyl (C=O) groups is 3. The minimum absolute atomic E-state index is 0.0657. The topological polar surface area (TPSA) is 90.9 Å². The molecular weight excluding hydrogens is 523 g/mol. The molecule has 3 aromatic rings. The number of hydrogen-bond donors (Lipinski definition) is 1. The van der Waals surface area contributed by atoms with Crippen LogP contribution in [0.15, 0.2) is 78.9 Å². The van der Waals surface area contributed by atoms with Gasteiger partial charge < -0.3 is 14.2 Å². The quantitative estimate of drug-likeness (QED) is 0.337. The van der Waals surface area contributed by atoms with Gasteiger partial charge in [0, 0.05) is 0 Å². The van der Waals surface area contributed by atoms with Gasteiger partial charge in [-0.2, -0.15) is 0 Å². The lowest BCUT2D eigenvalue weighted by Gasteiger charge is -2.19. The number of esters is 1. The maximum absolute atomic E-state index is 12.5. The fourth-order valence-corrected chi connectivity index (χ4v) is 4.54. The van der Waals surface area contributed by atoms with Crippen molar-refractivity contribution in [2.45, 2.75) is 24.0 Å². The largest absolute Gasteiger partial charge is 0.573 e. The summed E-state index contributed by atoms with van der Waals surface area (Å²) in [5.41, 5.74) is 1.80. The first-order chi connectivity index (χ1) is 18.2. The van der Waals surface area contributed by atoms with Crippen molar-refractivity contribution in [3.8, 4) is 11.5 Å². The molecule has 7 nitrogen and oxygen atoms in total. The third-order valence-electron chi connectivity index (χ3n) is 5.57. The molecule has 4 rings (SSSR count). The molecule has 0 aromatic heterocycles. The predicted molar refractivity (Wildman–Crippen MR) is 133 cm³/mol. The minimum atomic E-state index is -4.81. The summed E-state index contributed by atoms with van der Waals surface area (Å²) in [5.74, 6) is -1.21. The number of alkyl halides is 3. The molecule has 3 aromatic carbocycles. The Bertz CT molecular complexity index is 1270. The summed E-state index contributed by atoms with van der Waals surface area (Å²) in [6.45, 7) is -0.0103. The molecule has 2 amide bonds. The van der Waals surface area contributed by atoms with Gasteiger partial charge in [-0.25, -0.2) is 4.79 Å². The van der Waals surface area contributed by atoms with Gasteiger partial charge in [0.15, 0.2) is 0 Å². The summed E-state index contributed by atoms with van der Waals surface area (Å²) < 4.78 is 52.8. The van der Waals surface area contributed by atoms with Crippen LogP contribution in [0.2, 0.25) is 0 Å². The molecule has 1 saturated heterocycles. The Morgan fingerprint density at radius 3 is 2.16 bits per heavy atom. The van der Waals surface area contributed by atoms with E-state index < -0.39 is 23.5 Å². The molecule has 2 unspecified atom stereocenters. The van der Waals surface area contributed by atoms with E-state index >= 15 is 0 Å². The predicted octanol–water partition coefficient (Wildman–Crippen LogP) is 5.50. The Morgan fingerprint density at radius 2 is 1.55 bits per heavy atom. The number of rotatable bonds is 10. The molecule has 1 fully saturated rings. The number of imide groups is 1. The Hall–Kier alpha value is -3.99. The van der Waals surface area contributed by atoms with Crippen LogP contribution in [0.4, 0.5) is 18.0 Å². The monoisotopic (exact) mass is 545 g/mol. The summed E-state index contributed by atoms with van der Waals surface area (Å²) in [5, 5.41) is 1.40. The SMILES string of the molecule is O=C1NC(=O)C(Cc2ccc(OCC(COC(=O)c3ccccc3)c3ccc(OC(F)(F)F)cc3)cc2)S1. The Balaban J connectivity index is 1.41. The van der Waals surface area contributed by atoms with Crippen molar-refractivity contribution in [3.63, 3.8) is 0 Å². The lowest BCUT2D eigenvalue weighted by Crippen LogP contribution is -2.25. The summed E-state index contributed by atoms with van der Waals surface area (Å²) in [7, 11) is 0. The van der Waals surface area contributed by atoms with Crippen LogP contribution < -0.4 is 14.8 Å². The second kappa shape index (κ2) is 12.0. The molecule has 0 bridgehead atoms. The van der Waals surface area contributed by atoms with E-state index in [9.17, 15) is 27.6 Å². The lowest BCUT2D eigenvalue weighted by atomic mass is 10.0. The first-order valence-electron chi connectivity index (χ1n) is 11.5. The summed E-state index contributed by atoms with van der Waals surface area (Å²) in [4.78, 5) is 35.6. The third kappa shape index (κ3) is 7.75. The molecule has 0 radical (unpaired) electrons. The third-order valence-corrected chi connectivity index (χ3v) is 6.55. The number of hydrogen-bond acceptors (Lipinski definition) is 7. The van der Waals surface area contributed by atoms with Crippen LogP contribution in [0.5, 0.6) is 11.5 Å². The lowest BCUT2D eigenvalue weighted by molar-refractivity contribution is -0.274. The van der Waals surface area contributed by atoms with E-state index in [1.807, 2.05) is 0 Å². The zero-order valence-electron chi connectivity index (χ0n) is 19.8. The second-order valence-electron chi connectivity index (χ2n) is 8.32. The van der Waals surface area contributed by atoms with Crippen molar-refractivity contribution in [2.75, 3.05) is 13.2 Å². The fourth-order valence-electron chi connectivity index (χ4n) is 3.68. The average Bonchev–Trinajstić information content (AvgIpc) is 3.21. The first kappa shape index (κ1) is 27.1. The molecule has 38 heavy (non-hydrogen) atoms. The van der Waals surface area contributed by atoms with E-state index in [1.165, 1.54) is 24.3 Å². The van der Waals surface area contributed by atoms with Crippen LogP contribution in [0.3, 0.4) is 0 Å². The van der Waals surface area contributed by atoms with Gasteiger partial charge in [0.25, 0.3) is 5.24 Å². The van der Waals surface area contributed by atoms with E-state index in [2.05, 4.69) is 10.1 Å². The first-order valence-corrected chi connectivity index (χ1v) is 12.4. The number of benzene rings is 3. The number of nitrogens with one attached hydrogen (secondary N) is 1. The van der Waals surface area contributed by atoms with Crippen molar-refractivity contribution < 1.29 is 41.8 Å². The molecule has 0 aliphatic carbocycles. The Kier molecular flexibility index (Phi) is 8.57. The highest BCUT2D eigenvalue weighted by Gasteiger charge is 2.32. The number of thioether (sulfide) groups is 1. The summed E-state index contributed by atoms with van der Waals surface area (Å²) >= 11 is 0.951. The molecule has 11 heteroatoms. The highest BCUT2D eigenvalue weighted by Crippen LogP contribution is 2.27. The molecular formula is C27H22F3NO6S. The highest BCUT2D eigenvalue weighted by atomic mass is 32.2. The Labute approximate surface area is 220 Å². The van der Waals surface area contributed by atoms with Crippen LogP contribution in [0, 0.1) is 0 Å². The van der Waals surface area contributed by atoms with Gasteiger partial charge in [0.05, 0.1) is 23.3 Å². The molecule has 1 aliphatic heterocycles. The van der Waals surface area contributed by atoms with E-state index in [-0.39, 0.29) is 30.1 Å². The number of halogens is 3.